The predicted octanol–water partition coefficient (Wildman–Crippen LogP) is -0.153. The average Bonchev–Trinajstić information content (AvgIpc) is 2.30. The Bertz CT molecular complexity index is 208. The van der Waals surface area contributed by atoms with Crippen LogP contribution in [0.25, 0.3) is 0 Å². The van der Waals surface area contributed by atoms with Gasteiger partial charge in [0.1, 0.15) is 0 Å². The molecule has 0 saturated carbocycles. The molecule has 74 valence electrons. The normalized spacial score (nSPS) is 28.7. The third kappa shape index (κ3) is 1.72. The molecule has 2 amide bonds. The number of likely N-dealkylation sites (N-methyl/N-ethyl adjacent to an activating group) is 1. The Balaban J connectivity index is 2.64. The van der Waals surface area contributed by atoms with Crippen LogP contribution in [0.1, 0.15) is 13.8 Å². The molecule has 0 bridgehead atoms. The van der Waals surface area contributed by atoms with Crippen LogP contribution in [0.2, 0.25) is 0 Å². The van der Waals surface area contributed by atoms with Crippen LogP contribution < -0.4 is 5.32 Å². The van der Waals surface area contributed by atoms with Crippen molar-refractivity contribution < 1.29 is 9.59 Å². The molecule has 1 aliphatic rings. The minimum Gasteiger partial charge on any atom is -0.318 e. The molecular formula is C9H16N2O2. The number of rotatable bonds is 3. The van der Waals surface area contributed by atoms with Gasteiger partial charge in [0.2, 0.25) is 11.8 Å². The van der Waals surface area contributed by atoms with E-state index in [2.05, 4.69) is 5.32 Å². The topological polar surface area (TPSA) is 49.4 Å². The third-order valence-electron chi connectivity index (χ3n) is 2.65. The van der Waals surface area contributed by atoms with Gasteiger partial charge in [-0.2, -0.15) is 0 Å². The lowest BCUT2D eigenvalue weighted by molar-refractivity contribution is -0.139. The van der Waals surface area contributed by atoms with Gasteiger partial charge >= 0.3 is 0 Å². The van der Waals surface area contributed by atoms with Crippen molar-refractivity contribution in [3.63, 3.8) is 0 Å². The van der Waals surface area contributed by atoms with Crippen LogP contribution in [0.5, 0.6) is 0 Å². The van der Waals surface area contributed by atoms with E-state index >= 15 is 0 Å². The molecule has 0 aromatic heterocycles. The molecule has 4 heteroatoms. The summed E-state index contributed by atoms with van der Waals surface area (Å²) in [5.74, 6) is -0.366. The zero-order chi connectivity index (χ0) is 10.0. The molecule has 0 aromatic carbocycles. The average molecular weight is 184 g/mol. The number of nitrogens with one attached hydrogen (secondary N) is 1. The summed E-state index contributed by atoms with van der Waals surface area (Å²) in [6.45, 7) is 4.77. The van der Waals surface area contributed by atoms with Crippen LogP contribution in [0.15, 0.2) is 0 Å². The maximum absolute atomic E-state index is 11.5. The standard InChI is InChI=1S/C9H16N2O2/c1-6-7(2)9(13)11(8(6)12)5-4-10-3/h6-7,10H,4-5H2,1-3H3. The molecule has 1 saturated heterocycles. The smallest absolute Gasteiger partial charge is 0.232 e. The zero-order valence-electron chi connectivity index (χ0n) is 8.33. The van der Waals surface area contributed by atoms with Gasteiger partial charge in [0.25, 0.3) is 0 Å². The molecule has 0 aromatic rings. The monoisotopic (exact) mass is 184 g/mol. The highest BCUT2D eigenvalue weighted by Gasteiger charge is 2.41. The van der Waals surface area contributed by atoms with E-state index in [1.165, 1.54) is 4.90 Å². The number of hydrogen-bond donors (Lipinski definition) is 1. The summed E-state index contributed by atoms with van der Waals surface area (Å²) < 4.78 is 0. The zero-order valence-corrected chi connectivity index (χ0v) is 8.33. The number of carbonyl (C=O) groups is 2. The maximum Gasteiger partial charge on any atom is 0.232 e. The van der Waals surface area contributed by atoms with E-state index in [0.717, 1.165) is 0 Å². The summed E-state index contributed by atoms with van der Waals surface area (Å²) in [4.78, 5) is 24.4. The molecule has 1 fully saturated rings. The van der Waals surface area contributed by atoms with Gasteiger partial charge in [0.05, 0.1) is 0 Å². The number of amides is 2. The van der Waals surface area contributed by atoms with Gasteiger partial charge in [-0.3, -0.25) is 14.5 Å². The summed E-state index contributed by atoms with van der Waals surface area (Å²) in [5.41, 5.74) is 0. The Morgan fingerprint density at radius 1 is 1.23 bits per heavy atom. The summed E-state index contributed by atoms with van der Waals surface area (Å²) in [7, 11) is 1.80. The van der Waals surface area contributed by atoms with Gasteiger partial charge in [0, 0.05) is 24.9 Å². The van der Waals surface area contributed by atoms with Crippen molar-refractivity contribution in [1.29, 1.82) is 0 Å². The number of imide groups is 1. The number of hydrogen-bond acceptors (Lipinski definition) is 3. The third-order valence-corrected chi connectivity index (χ3v) is 2.65. The van der Waals surface area contributed by atoms with Crippen LogP contribution >= 0.6 is 0 Å². The second kappa shape index (κ2) is 3.87. The van der Waals surface area contributed by atoms with Gasteiger partial charge in [-0.15, -0.1) is 0 Å². The minimum atomic E-state index is -0.149. The van der Waals surface area contributed by atoms with E-state index in [4.69, 9.17) is 0 Å². The highest BCUT2D eigenvalue weighted by Crippen LogP contribution is 2.24. The molecule has 0 aliphatic carbocycles. The fourth-order valence-electron chi connectivity index (χ4n) is 1.47. The second-order valence-electron chi connectivity index (χ2n) is 3.51. The number of nitrogens with zero attached hydrogens (tertiary/aromatic N) is 1. The summed E-state index contributed by atoms with van der Waals surface area (Å²) in [6, 6.07) is 0. The first kappa shape index (κ1) is 10.2. The van der Waals surface area contributed by atoms with Crippen LogP contribution in [0.4, 0.5) is 0 Å². The van der Waals surface area contributed by atoms with Crippen molar-refractivity contribution in [3.8, 4) is 0 Å². The predicted molar refractivity (Wildman–Crippen MR) is 49.0 cm³/mol. The maximum atomic E-state index is 11.5. The molecule has 2 unspecified atom stereocenters. The van der Waals surface area contributed by atoms with Gasteiger partial charge in [-0.1, -0.05) is 13.8 Å². The molecule has 2 atom stereocenters. The molecule has 4 nitrogen and oxygen atoms in total. The van der Waals surface area contributed by atoms with Crippen molar-refractivity contribution in [3.05, 3.63) is 0 Å². The van der Waals surface area contributed by atoms with Crippen LogP contribution in [0.3, 0.4) is 0 Å². The van der Waals surface area contributed by atoms with E-state index in [-0.39, 0.29) is 23.7 Å². The molecule has 0 spiro atoms. The number of likely N-dealkylation sites (tertiary alicyclic amines) is 1. The Kier molecular flexibility index (Phi) is 3.03. The van der Waals surface area contributed by atoms with Crippen molar-refractivity contribution in [2.75, 3.05) is 20.1 Å². The Morgan fingerprint density at radius 3 is 2.08 bits per heavy atom. The van der Waals surface area contributed by atoms with E-state index < -0.39 is 0 Å². The molecule has 1 heterocycles. The molecule has 1 aliphatic heterocycles. The first-order valence-electron chi connectivity index (χ1n) is 4.59. The van der Waals surface area contributed by atoms with E-state index in [0.29, 0.717) is 13.1 Å². The molecular weight excluding hydrogens is 168 g/mol. The van der Waals surface area contributed by atoms with Gasteiger partial charge in [-0.25, -0.2) is 0 Å². The van der Waals surface area contributed by atoms with Crippen LogP contribution in [-0.4, -0.2) is 36.9 Å². The quantitative estimate of drug-likeness (QED) is 0.620. The van der Waals surface area contributed by atoms with Gasteiger partial charge in [-0.05, 0) is 7.05 Å². The SMILES string of the molecule is CNCCN1C(=O)C(C)C(C)C1=O. The molecule has 0 radical (unpaired) electrons. The van der Waals surface area contributed by atoms with Crippen LogP contribution in [-0.2, 0) is 9.59 Å². The molecule has 1 N–H and O–H groups in total. The van der Waals surface area contributed by atoms with E-state index in [1.54, 1.807) is 7.05 Å². The van der Waals surface area contributed by atoms with Crippen LogP contribution in [0, 0.1) is 11.8 Å². The minimum absolute atomic E-state index is 0.0345. The first-order valence-corrected chi connectivity index (χ1v) is 4.59. The number of carbonyl (C=O) groups excluding carboxylic acids is 2. The second-order valence-corrected chi connectivity index (χ2v) is 3.51. The van der Waals surface area contributed by atoms with Crippen molar-refractivity contribution in [2.45, 2.75) is 13.8 Å². The Labute approximate surface area is 78.3 Å². The van der Waals surface area contributed by atoms with Crippen molar-refractivity contribution in [1.82, 2.24) is 10.2 Å². The van der Waals surface area contributed by atoms with Crippen molar-refractivity contribution >= 4 is 11.8 Å². The van der Waals surface area contributed by atoms with E-state index in [9.17, 15) is 9.59 Å². The Hall–Kier alpha value is -0.900. The van der Waals surface area contributed by atoms with Gasteiger partial charge in [0.15, 0.2) is 0 Å². The lowest BCUT2D eigenvalue weighted by Crippen LogP contribution is -2.36. The summed E-state index contributed by atoms with van der Waals surface area (Å²) >= 11 is 0. The fourth-order valence-corrected chi connectivity index (χ4v) is 1.47. The summed E-state index contributed by atoms with van der Waals surface area (Å²) in [6.07, 6.45) is 0. The fraction of sp³-hybridized carbons (Fsp3) is 0.778. The van der Waals surface area contributed by atoms with E-state index in [1.807, 2.05) is 13.8 Å². The van der Waals surface area contributed by atoms with Gasteiger partial charge < -0.3 is 5.32 Å². The Morgan fingerprint density at radius 2 is 1.69 bits per heavy atom. The lowest BCUT2D eigenvalue weighted by Gasteiger charge is -2.13. The summed E-state index contributed by atoms with van der Waals surface area (Å²) in [5, 5.41) is 2.92. The highest BCUT2D eigenvalue weighted by molar-refractivity contribution is 6.04. The van der Waals surface area contributed by atoms with Crippen molar-refractivity contribution in [2.24, 2.45) is 11.8 Å². The first-order chi connectivity index (χ1) is 6.09. The molecule has 1 rings (SSSR count). The largest absolute Gasteiger partial charge is 0.318 e. The lowest BCUT2D eigenvalue weighted by atomic mass is 10.00. The highest BCUT2D eigenvalue weighted by atomic mass is 16.2. The molecule has 13 heavy (non-hydrogen) atoms.